The molecule has 1 atom stereocenters. The fraction of sp³-hybridized carbons (Fsp3) is 0.429. The van der Waals surface area contributed by atoms with Gasteiger partial charge in [-0.05, 0) is 26.8 Å². The van der Waals surface area contributed by atoms with Crippen LogP contribution in [0, 0.1) is 0 Å². The van der Waals surface area contributed by atoms with E-state index in [1.807, 2.05) is 0 Å². The van der Waals surface area contributed by atoms with E-state index in [-0.39, 0.29) is 30.2 Å². The molecule has 4 N–H and O–H groups in total. The normalized spacial score (nSPS) is 19.7. The van der Waals surface area contributed by atoms with Crippen molar-refractivity contribution in [2.24, 2.45) is 5.73 Å². The van der Waals surface area contributed by atoms with Crippen molar-refractivity contribution in [2.75, 3.05) is 11.4 Å². The topological polar surface area (TPSA) is 95.7 Å². The molecule has 1 fully saturated rings. The van der Waals surface area contributed by atoms with E-state index < -0.39 is 5.54 Å². The Morgan fingerprint density at radius 1 is 1.40 bits per heavy atom. The summed E-state index contributed by atoms with van der Waals surface area (Å²) < 4.78 is 0. The van der Waals surface area contributed by atoms with Gasteiger partial charge in [0.15, 0.2) is 0 Å². The summed E-state index contributed by atoms with van der Waals surface area (Å²) in [5.74, 6) is -0.652. The highest BCUT2D eigenvalue weighted by molar-refractivity contribution is 6.06. The highest BCUT2D eigenvalue weighted by Crippen LogP contribution is 2.32. The molecule has 2 rings (SSSR count). The fourth-order valence-electron chi connectivity index (χ4n) is 2.28. The molecular weight excluding hydrogens is 258 g/mol. The predicted octanol–water partition coefficient (Wildman–Crippen LogP) is 0.653. The van der Waals surface area contributed by atoms with Gasteiger partial charge in [0.25, 0.3) is 5.91 Å². The first-order valence-corrected chi connectivity index (χ1v) is 6.44. The Balaban J connectivity index is 2.42. The number of benzene rings is 1. The molecule has 1 aliphatic rings. The van der Waals surface area contributed by atoms with E-state index in [1.165, 1.54) is 6.07 Å². The van der Waals surface area contributed by atoms with Gasteiger partial charge in [0.05, 0.1) is 6.54 Å². The number of nitrogens with two attached hydrogens (primary N) is 1. The maximum atomic E-state index is 11.9. The van der Waals surface area contributed by atoms with E-state index in [2.05, 4.69) is 5.32 Å². The maximum Gasteiger partial charge on any atom is 0.251 e. The van der Waals surface area contributed by atoms with Crippen LogP contribution in [-0.4, -0.2) is 29.0 Å². The highest BCUT2D eigenvalue weighted by Gasteiger charge is 2.41. The van der Waals surface area contributed by atoms with Gasteiger partial charge in [-0.1, -0.05) is 6.07 Å². The van der Waals surface area contributed by atoms with Gasteiger partial charge >= 0.3 is 0 Å². The lowest BCUT2D eigenvalue weighted by Gasteiger charge is -2.41. The molecule has 1 unspecified atom stereocenters. The van der Waals surface area contributed by atoms with E-state index in [1.54, 1.807) is 37.8 Å². The van der Waals surface area contributed by atoms with Crippen molar-refractivity contribution in [3.05, 3.63) is 23.8 Å². The number of aromatic hydroxyl groups is 1. The van der Waals surface area contributed by atoms with Crippen LogP contribution in [0.2, 0.25) is 0 Å². The van der Waals surface area contributed by atoms with E-state index in [0.29, 0.717) is 11.3 Å². The SMILES string of the molecule is CC(N)c1ccc(N2CC(=O)NC(=O)C2(C)C)cc1O. The Kier molecular flexibility index (Phi) is 3.43. The van der Waals surface area contributed by atoms with Crippen molar-refractivity contribution >= 4 is 17.5 Å². The van der Waals surface area contributed by atoms with Gasteiger partial charge in [-0.15, -0.1) is 0 Å². The van der Waals surface area contributed by atoms with Crippen molar-refractivity contribution in [2.45, 2.75) is 32.4 Å². The number of phenolic OH excluding ortho intramolecular Hbond substituents is 1. The number of amides is 2. The summed E-state index contributed by atoms with van der Waals surface area (Å²) in [5, 5.41) is 12.3. The Labute approximate surface area is 117 Å². The molecule has 0 aromatic heterocycles. The molecule has 6 heteroatoms. The number of hydrogen-bond donors (Lipinski definition) is 3. The summed E-state index contributed by atoms with van der Waals surface area (Å²) in [6.45, 7) is 5.29. The Hall–Kier alpha value is -2.08. The average molecular weight is 277 g/mol. The van der Waals surface area contributed by atoms with Crippen LogP contribution in [0.5, 0.6) is 5.75 Å². The number of carbonyl (C=O) groups excluding carboxylic acids is 2. The zero-order valence-electron chi connectivity index (χ0n) is 11.8. The summed E-state index contributed by atoms with van der Waals surface area (Å²) in [6, 6.07) is 4.71. The van der Waals surface area contributed by atoms with Crippen LogP contribution in [0.25, 0.3) is 0 Å². The molecule has 20 heavy (non-hydrogen) atoms. The third-order valence-electron chi connectivity index (χ3n) is 3.60. The lowest BCUT2D eigenvalue weighted by Crippen LogP contribution is -2.64. The number of imide groups is 1. The Bertz CT molecular complexity index is 567. The summed E-state index contributed by atoms with van der Waals surface area (Å²) in [4.78, 5) is 25.1. The molecule has 1 saturated heterocycles. The van der Waals surface area contributed by atoms with Crippen LogP contribution in [0.1, 0.15) is 32.4 Å². The fourth-order valence-corrected chi connectivity index (χ4v) is 2.28. The first-order valence-electron chi connectivity index (χ1n) is 6.44. The van der Waals surface area contributed by atoms with Crippen molar-refractivity contribution in [3.63, 3.8) is 0 Å². The molecule has 1 heterocycles. The van der Waals surface area contributed by atoms with Gasteiger partial charge in [0, 0.05) is 23.4 Å². The lowest BCUT2D eigenvalue weighted by atomic mass is 9.97. The zero-order chi connectivity index (χ0) is 15.1. The molecule has 108 valence electrons. The average Bonchev–Trinajstić information content (AvgIpc) is 2.33. The van der Waals surface area contributed by atoms with Crippen molar-refractivity contribution in [1.82, 2.24) is 5.32 Å². The third kappa shape index (κ3) is 2.34. The van der Waals surface area contributed by atoms with Crippen LogP contribution < -0.4 is 16.0 Å². The first kappa shape index (κ1) is 14.3. The molecule has 0 saturated carbocycles. The minimum absolute atomic E-state index is 0.0618. The molecule has 0 bridgehead atoms. The predicted molar refractivity (Wildman–Crippen MR) is 75.3 cm³/mol. The monoisotopic (exact) mass is 277 g/mol. The van der Waals surface area contributed by atoms with Gasteiger partial charge < -0.3 is 15.7 Å². The number of phenols is 1. The van der Waals surface area contributed by atoms with Gasteiger partial charge in [-0.3, -0.25) is 14.9 Å². The van der Waals surface area contributed by atoms with Crippen LogP contribution in [-0.2, 0) is 9.59 Å². The number of anilines is 1. The zero-order valence-corrected chi connectivity index (χ0v) is 11.8. The number of rotatable bonds is 2. The Morgan fingerprint density at radius 2 is 2.05 bits per heavy atom. The Morgan fingerprint density at radius 3 is 2.60 bits per heavy atom. The molecule has 1 aromatic carbocycles. The van der Waals surface area contributed by atoms with E-state index in [9.17, 15) is 14.7 Å². The molecule has 1 aromatic rings. The molecule has 0 radical (unpaired) electrons. The van der Waals surface area contributed by atoms with Crippen LogP contribution >= 0.6 is 0 Å². The second kappa shape index (κ2) is 4.79. The lowest BCUT2D eigenvalue weighted by molar-refractivity contribution is -0.135. The molecule has 2 amide bonds. The summed E-state index contributed by atoms with van der Waals surface area (Å²) in [6.07, 6.45) is 0. The number of nitrogens with zero attached hydrogens (tertiary/aromatic N) is 1. The molecule has 6 nitrogen and oxygen atoms in total. The number of hydrogen-bond acceptors (Lipinski definition) is 5. The summed E-state index contributed by atoms with van der Waals surface area (Å²) in [5.41, 5.74) is 6.12. The number of piperazine rings is 1. The summed E-state index contributed by atoms with van der Waals surface area (Å²) >= 11 is 0. The number of nitrogens with one attached hydrogen (secondary N) is 1. The first-order chi connectivity index (χ1) is 9.23. The third-order valence-corrected chi connectivity index (χ3v) is 3.60. The minimum Gasteiger partial charge on any atom is -0.508 e. The van der Waals surface area contributed by atoms with Gasteiger partial charge in [0.1, 0.15) is 11.3 Å². The molecule has 1 aliphatic heterocycles. The largest absolute Gasteiger partial charge is 0.508 e. The standard InChI is InChI=1S/C14H19N3O3/c1-8(15)10-5-4-9(6-11(10)18)17-7-12(19)16-13(20)14(17,2)3/h4-6,8,18H,7,15H2,1-3H3,(H,16,19,20). The van der Waals surface area contributed by atoms with Crippen LogP contribution in [0.15, 0.2) is 18.2 Å². The highest BCUT2D eigenvalue weighted by atomic mass is 16.3. The molecule has 0 spiro atoms. The van der Waals surface area contributed by atoms with Gasteiger partial charge in [-0.2, -0.15) is 0 Å². The van der Waals surface area contributed by atoms with E-state index in [0.717, 1.165) is 0 Å². The second-order valence-corrected chi connectivity index (χ2v) is 5.55. The second-order valence-electron chi connectivity index (χ2n) is 5.55. The van der Waals surface area contributed by atoms with Crippen LogP contribution in [0.3, 0.4) is 0 Å². The minimum atomic E-state index is -0.865. The van der Waals surface area contributed by atoms with Crippen molar-refractivity contribution in [3.8, 4) is 5.75 Å². The maximum absolute atomic E-state index is 11.9. The van der Waals surface area contributed by atoms with Gasteiger partial charge in [0.2, 0.25) is 5.91 Å². The summed E-state index contributed by atoms with van der Waals surface area (Å²) in [7, 11) is 0. The smallest absolute Gasteiger partial charge is 0.251 e. The molecule has 0 aliphatic carbocycles. The van der Waals surface area contributed by atoms with Crippen molar-refractivity contribution < 1.29 is 14.7 Å². The van der Waals surface area contributed by atoms with E-state index >= 15 is 0 Å². The van der Waals surface area contributed by atoms with Crippen molar-refractivity contribution in [1.29, 1.82) is 0 Å². The number of carbonyl (C=O) groups is 2. The van der Waals surface area contributed by atoms with E-state index in [4.69, 9.17) is 5.73 Å². The van der Waals surface area contributed by atoms with Gasteiger partial charge in [-0.25, -0.2) is 0 Å². The molecular formula is C14H19N3O3. The van der Waals surface area contributed by atoms with Crippen LogP contribution in [0.4, 0.5) is 5.69 Å². The quantitative estimate of drug-likeness (QED) is 0.690.